The molecule has 0 fully saturated rings. The molecular weight excluding hydrogens is 356 g/mol. The molecule has 1 N–H and O–H groups in total. The fraction of sp³-hybridized carbons (Fsp3) is 0.222. The van der Waals surface area contributed by atoms with Crippen LogP contribution in [0.25, 0.3) is 5.65 Å². The predicted molar refractivity (Wildman–Crippen MR) is 100.0 cm³/mol. The molecule has 0 saturated carbocycles. The molecule has 0 spiro atoms. The van der Waals surface area contributed by atoms with Crippen molar-refractivity contribution in [3.05, 3.63) is 68.6 Å². The van der Waals surface area contributed by atoms with E-state index in [0.717, 1.165) is 12.0 Å². The van der Waals surface area contributed by atoms with Gasteiger partial charge in [0, 0.05) is 18.0 Å². The zero-order chi connectivity index (χ0) is 18.8. The van der Waals surface area contributed by atoms with E-state index in [1.165, 1.54) is 18.2 Å². The Morgan fingerprint density at radius 1 is 1.35 bits per heavy atom. The van der Waals surface area contributed by atoms with Crippen molar-refractivity contribution < 1.29 is 9.72 Å². The van der Waals surface area contributed by atoms with Crippen LogP contribution in [0.4, 0.5) is 11.4 Å². The summed E-state index contributed by atoms with van der Waals surface area (Å²) < 4.78 is 1.73. The van der Waals surface area contributed by atoms with Gasteiger partial charge in [0.05, 0.1) is 10.6 Å². The fourth-order valence-electron chi connectivity index (χ4n) is 2.77. The third-order valence-electron chi connectivity index (χ3n) is 3.96. The Hall–Kier alpha value is -2.93. The molecule has 8 heteroatoms. The van der Waals surface area contributed by atoms with Crippen LogP contribution in [0.1, 0.15) is 35.1 Å². The van der Waals surface area contributed by atoms with Crippen molar-refractivity contribution in [1.82, 2.24) is 9.38 Å². The van der Waals surface area contributed by atoms with Crippen molar-refractivity contribution in [2.45, 2.75) is 26.7 Å². The molecule has 0 unspecified atom stereocenters. The van der Waals surface area contributed by atoms with Crippen LogP contribution in [-0.4, -0.2) is 20.2 Å². The summed E-state index contributed by atoms with van der Waals surface area (Å²) >= 11 is 5.82. The van der Waals surface area contributed by atoms with Gasteiger partial charge in [-0.15, -0.1) is 0 Å². The van der Waals surface area contributed by atoms with Gasteiger partial charge in [0.2, 0.25) is 0 Å². The lowest BCUT2D eigenvalue weighted by Crippen LogP contribution is -2.16. The minimum atomic E-state index is -0.586. The maximum Gasteiger partial charge on any atom is 0.289 e. The second-order valence-electron chi connectivity index (χ2n) is 5.97. The number of aryl methyl sites for hydroxylation is 2. The molecule has 0 bridgehead atoms. The number of hydrogen-bond donors (Lipinski definition) is 1. The molecule has 0 aliphatic rings. The van der Waals surface area contributed by atoms with Gasteiger partial charge in [-0.1, -0.05) is 24.9 Å². The number of nitrogens with zero attached hydrogens (tertiary/aromatic N) is 3. The summed E-state index contributed by atoms with van der Waals surface area (Å²) in [5.74, 6) is -0.374. The maximum absolute atomic E-state index is 12.9. The molecular formula is C18H17ClN4O3. The number of benzene rings is 1. The number of amides is 1. The van der Waals surface area contributed by atoms with E-state index in [9.17, 15) is 14.9 Å². The predicted octanol–water partition coefficient (Wildman–Crippen LogP) is 4.41. The number of rotatable bonds is 5. The smallest absolute Gasteiger partial charge is 0.289 e. The number of nitro groups is 1. The summed E-state index contributed by atoms with van der Waals surface area (Å²) in [6, 6.07) is 7.96. The van der Waals surface area contributed by atoms with Gasteiger partial charge in [0.25, 0.3) is 11.6 Å². The van der Waals surface area contributed by atoms with E-state index in [0.29, 0.717) is 29.1 Å². The second kappa shape index (κ2) is 7.13. The average molecular weight is 373 g/mol. The summed E-state index contributed by atoms with van der Waals surface area (Å²) in [4.78, 5) is 27.9. The van der Waals surface area contributed by atoms with Crippen LogP contribution in [0, 0.1) is 17.0 Å². The van der Waals surface area contributed by atoms with Gasteiger partial charge in [-0.25, -0.2) is 4.98 Å². The van der Waals surface area contributed by atoms with Crippen molar-refractivity contribution >= 4 is 34.5 Å². The van der Waals surface area contributed by atoms with Crippen LogP contribution in [-0.2, 0) is 6.42 Å². The van der Waals surface area contributed by atoms with Gasteiger partial charge in [0.15, 0.2) is 0 Å². The normalized spacial score (nSPS) is 10.9. The molecule has 3 aromatic rings. The Balaban J connectivity index is 2.01. The summed E-state index contributed by atoms with van der Waals surface area (Å²) in [6.07, 6.45) is 3.30. The molecule has 134 valence electrons. The Bertz CT molecular complexity index is 1010. The summed E-state index contributed by atoms with van der Waals surface area (Å²) in [6.45, 7) is 3.97. The molecule has 2 aromatic heterocycles. The van der Waals surface area contributed by atoms with Gasteiger partial charge in [-0.2, -0.15) is 0 Å². The number of fused-ring (bicyclic) bond motifs is 1. The third-order valence-corrected chi connectivity index (χ3v) is 4.28. The Labute approximate surface area is 154 Å². The number of aromatic nitrogens is 2. The summed E-state index contributed by atoms with van der Waals surface area (Å²) in [5, 5.41) is 13.8. The fourth-order valence-corrected chi connectivity index (χ4v) is 2.95. The molecule has 0 atom stereocenters. The van der Waals surface area contributed by atoms with Crippen LogP contribution in [0.3, 0.4) is 0 Å². The van der Waals surface area contributed by atoms with Crippen LogP contribution in [0.5, 0.6) is 0 Å². The largest absolute Gasteiger partial charge is 0.320 e. The highest BCUT2D eigenvalue weighted by Crippen LogP contribution is 2.28. The van der Waals surface area contributed by atoms with E-state index in [1.807, 2.05) is 26.0 Å². The van der Waals surface area contributed by atoms with Crippen molar-refractivity contribution in [1.29, 1.82) is 0 Å². The lowest BCUT2D eigenvalue weighted by atomic mass is 10.2. The number of pyridine rings is 1. The van der Waals surface area contributed by atoms with Gasteiger partial charge in [-0.05, 0) is 43.2 Å². The molecule has 0 radical (unpaired) electrons. The Kier molecular flexibility index (Phi) is 4.90. The first-order valence-electron chi connectivity index (χ1n) is 8.13. The van der Waals surface area contributed by atoms with Gasteiger partial charge >= 0.3 is 0 Å². The highest BCUT2D eigenvalue weighted by atomic mass is 35.5. The van der Waals surface area contributed by atoms with Crippen LogP contribution < -0.4 is 5.32 Å². The Morgan fingerprint density at radius 2 is 2.12 bits per heavy atom. The number of imidazole rings is 1. The minimum Gasteiger partial charge on any atom is -0.320 e. The molecule has 7 nitrogen and oxygen atoms in total. The molecule has 2 heterocycles. The molecule has 1 aromatic carbocycles. The molecule has 0 aliphatic carbocycles. The standard InChI is InChI=1S/C18H17ClN4O3/c1-3-4-14-17(22-8-7-11(2)9-16(22)21-14)18(24)20-12-5-6-13(19)15(10-12)23(25)26/h5-10H,3-4H2,1-2H3,(H,20,24). The van der Waals surface area contributed by atoms with E-state index in [-0.39, 0.29) is 16.6 Å². The minimum absolute atomic E-state index is 0.0185. The number of carbonyl (C=O) groups excluding carboxylic acids is 1. The maximum atomic E-state index is 12.9. The SMILES string of the molecule is CCCc1nc2cc(C)ccn2c1C(=O)Nc1ccc(Cl)c([N+](=O)[O-])c1. The van der Waals surface area contributed by atoms with E-state index in [2.05, 4.69) is 10.3 Å². The number of anilines is 1. The third kappa shape index (κ3) is 3.39. The number of nitro benzene ring substituents is 1. The Morgan fingerprint density at radius 3 is 2.81 bits per heavy atom. The quantitative estimate of drug-likeness (QED) is 0.530. The van der Waals surface area contributed by atoms with Crippen LogP contribution >= 0.6 is 11.6 Å². The zero-order valence-corrected chi connectivity index (χ0v) is 15.1. The first-order valence-corrected chi connectivity index (χ1v) is 8.51. The molecule has 3 rings (SSSR count). The van der Waals surface area contributed by atoms with Crippen molar-refractivity contribution in [2.24, 2.45) is 0 Å². The summed E-state index contributed by atoms with van der Waals surface area (Å²) in [5.41, 5.74) is 2.91. The number of carbonyl (C=O) groups is 1. The van der Waals surface area contributed by atoms with E-state index < -0.39 is 4.92 Å². The van der Waals surface area contributed by atoms with Crippen molar-refractivity contribution in [3.8, 4) is 0 Å². The second-order valence-corrected chi connectivity index (χ2v) is 6.37. The van der Waals surface area contributed by atoms with Crippen LogP contribution in [0.15, 0.2) is 36.5 Å². The average Bonchev–Trinajstić information content (AvgIpc) is 2.93. The first kappa shape index (κ1) is 17.9. The zero-order valence-electron chi connectivity index (χ0n) is 14.3. The lowest BCUT2D eigenvalue weighted by molar-refractivity contribution is -0.384. The first-order chi connectivity index (χ1) is 12.4. The number of nitrogens with one attached hydrogen (secondary N) is 1. The molecule has 0 aliphatic heterocycles. The lowest BCUT2D eigenvalue weighted by Gasteiger charge is -2.07. The van der Waals surface area contributed by atoms with Gasteiger partial charge in [-0.3, -0.25) is 19.3 Å². The van der Waals surface area contributed by atoms with E-state index in [1.54, 1.807) is 10.6 Å². The van der Waals surface area contributed by atoms with Crippen LogP contribution in [0.2, 0.25) is 5.02 Å². The molecule has 0 saturated heterocycles. The molecule has 26 heavy (non-hydrogen) atoms. The van der Waals surface area contributed by atoms with Crippen molar-refractivity contribution in [3.63, 3.8) is 0 Å². The topological polar surface area (TPSA) is 89.5 Å². The van der Waals surface area contributed by atoms with E-state index in [4.69, 9.17) is 11.6 Å². The van der Waals surface area contributed by atoms with Gasteiger partial charge < -0.3 is 5.32 Å². The monoisotopic (exact) mass is 372 g/mol. The van der Waals surface area contributed by atoms with Gasteiger partial charge in [0.1, 0.15) is 16.4 Å². The van der Waals surface area contributed by atoms with Crippen molar-refractivity contribution in [2.75, 3.05) is 5.32 Å². The highest BCUT2D eigenvalue weighted by molar-refractivity contribution is 6.32. The highest BCUT2D eigenvalue weighted by Gasteiger charge is 2.20. The van der Waals surface area contributed by atoms with E-state index >= 15 is 0 Å². The number of hydrogen-bond acceptors (Lipinski definition) is 4. The number of halogens is 1. The summed E-state index contributed by atoms with van der Waals surface area (Å²) in [7, 11) is 0. The molecule has 1 amide bonds.